The molecule has 0 unspecified atom stereocenters. The summed E-state index contributed by atoms with van der Waals surface area (Å²) in [6, 6.07) is 10.3. The third-order valence-electron chi connectivity index (χ3n) is 4.27. The Kier molecular flexibility index (Phi) is 4.98. The molecule has 5 nitrogen and oxygen atoms in total. The highest BCUT2D eigenvalue weighted by Crippen LogP contribution is 2.22. The van der Waals surface area contributed by atoms with Gasteiger partial charge in [0.2, 0.25) is 5.91 Å². The molecule has 1 fully saturated rings. The largest absolute Gasteiger partial charge is 0.338 e. The van der Waals surface area contributed by atoms with Gasteiger partial charge < -0.3 is 4.90 Å². The Labute approximate surface area is 137 Å². The third kappa shape index (κ3) is 3.93. The molecule has 1 aliphatic heterocycles. The lowest BCUT2D eigenvalue weighted by Gasteiger charge is -2.27. The summed E-state index contributed by atoms with van der Waals surface area (Å²) < 4.78 is 0. The minimum Gasteiger partial charge on any atom is -0.338 e. The van der Waals surface area contributed by atoms with Gasteiger partial charge in [-0.2, -0.15) is 0 Å². The monoisotopic (exact) mass is 310 g/mol. The molecule has 23 heavy (non-hydrogen) atoms. The maximum atomic E-state index is 12.8. The van der Waals surface area contributed by atoms with Gasteiger partial charge in [0.25, 0.3) is 0 Å². The SMILES string of the molecule is CN(Cc1cnccn1)C(=O)[C@@H]1CCCN1Cc1ccccc1. The molecule has 1 atom stereocenters. The summed E-state index contributed by atoms with van der Waals surface area (Å²) in [4.78, 5) is 25.1. The summed E-state index contributed by atoms with van der Waals surface area (Å²) in [7, 11) is 1.84. The van der Waals surface area contributed by atoms with Crippen molar-refractivity contribution in [2.24, 2.45) is 0 Å². The first-order valence-corrected chi connectivity index (χ1v) is 8.02. The average Bonchev–Trinajstić information content (AvgIpc) is 3.04. The highest BCUT2D eigenvalue weighted by molar-refractivity contribution is 5.81. The van der Waals surface area contributed by atoms with Crippen LogP contribution in [-0.2, 0) is 17.9 Å². The zero-order valence-corrected chi connectivity index (χ0v) is 13.4. The van der Waals surface area contributed by atoms with Crippen molar-refractivity contribution >= 4 is 5.91 Å². The van der Waals surface area contributed by atoms with E-state index in [2.05, 4.69) is 27.0 Å². The third-order valence-corrected chi connectivity index (χ3v) is 4.27. The molecule has 3 rings (SSSR count). The number of carbonyl (C=O) groups excluding carboxylic acids is 1. The zero-order valence-electron chi connectivity index (χ0n) is 13.4. The Morgan fingerprint density at radius 2 is 2.13 bits per heavy atom. The standard InChI is InChI=1S/C18H22N4O/c1-21(14-16-12-19-9-10-20-16)18(23)17-8-5-11-22(17)13-15-6-3-2-4-7-15/h2-4,6-7,9-10,12,17H,5,8,11,13-14H2,1H3/t17-/m0/s1. The Hall–Kier alpha value is -2.27. The molecule has 0 radical (unpaired) electrons. The number of carbonyl (C=O) groups is 1. The smallest absolute Gasteiger partial charge is 0.240 e. The van der Waals surface area contributed by atoms with E-state index in [1.165, 1.54) is 5.56 Å². The van der Waals surface area contributed by atoms with Gasteiger partial charge in [-0.25, -0.2) is 0 Å². The molecule has 2 heterocycles. The first-order valence-electron chi connectivity index (χ1n) is 8.02. The van der Waals surface area contributed by atoms with Crippen LogP contribution in [0.25, 0.3) is 0 Å². The molecule has 5 heteroatoms. The average molecular weight is 310 g/mol. The Balaban J connectivity index is 1.63. The molecule has 1 aromatic heterocycles. The first kappa shape index (κ1) is 15.6. The van der Waals surface area contributed by atoms with Gasteiger partial charge >= 0.3 is 0 Å². The number of likely N-dealkylation sites (tertiary alicyclic amines) is 1. The molecule has 0 N–H and O–H groups in total. The molecule has 120 valence electrons. The predicted octanol–water partition coefficient (Wildman–Crippen LogP) is 2.10. The molecule has 0 saturated carbocycles. The van der Waals surface area contributed by atoms with Crippen LogP contribution in [0.5, 0.6) is 0 Å². The van der Waals surface area contributed by atoms with E-state index in [1.807, 2.05) is 25.2 Å². The van der Waals surface area contributed by atoms with Gasteiger partial charge in [0.15, 0.2) is 0 Å². The number of nitrogens with zero attached hydrogens (tertiary/aromatic N) is 4. The number of hydrogen-bond acceptors (Lipinski definition) is 4. The van der Waals surface area contributed by atoms with Crippen molar-refractivity contribution in [3.8, 4) is 0 Å². The van der Waals surface area contributed by atoms with Crippen LogP contribution < -0.4 is 0 Å². The number of likely N-dealkylation sites (N-methyl/N-ethyl adjacent to an activating group) is 1. The Bertz CT molecular complexity index is 632. The van der Waals surface area contributed by atoms with Crippen LogP contribution in [0.4, 0.5) is 0 Å². The fraction of sp³-hybridized carbons (Fsp3) is 0.389. The molecular formula is C18H22N4O. The lowest BCUT2D eigenvalue weighted by atomic mass is 10.1. The van der Waals surface area contributed by atoms with Crippen LogP contribution >= 0.6 is 0 Å². The summed E-state index contributed by atoms with van der Waals surface area (Å²) in [6.45, 7) is 2.31. The second kappa shape index (κ2) is 7.33. The molecule has 0 aliphatic carbocycles. The normalized spacial score (nSPS) is 18.0. The summed E-state index contributed by atoms with van der Waals surface area (Å²) >= 11 is 0. The van der Waals surface area contributed by atoms with Crippen molar-refractivity contribution in [2.75, 3.05) is 13.6 Å². The second-order valence-electron chi connectivity index (χ2n) is 6.01. The molecule has 1 amide bonds. The Morgan fingerprint density at radius 3 is 2.87 bits per heavy atom. The molecule has 1 saturated heterocycles. The van der Waals surface area contributed by atoms with Gasteiger partial charge in [-0.15, -0.1) is 0 Å². The van der Waals surface area contributed by atoms with Gasteiger partial charge in [-0.1, -0.05) is 30.3 Å². The van der Waals surface area contributed by atoms with Crippen molar-refractivity contribution in [2.45, 2.75) is 32.0 Å². The predicted molar refractivity (Wildman–Crippen MR) is 88.4 cm³/mol. The highest BCUT2D eigenvalue weighted by Gasteiger charge is 2.32. The molecule has 0 bridgehead atoms. The van der Waals surface area contributed by atoms with Crippen LogP contribution in [-0.4, -0.2) is 45.3 Å². The minimum atomic E-state index is -0.0307. The number of hydrogen-bond donors (Lipinski definition) is 0. The Morgan fingerprint density at radius 1 is 1.30 bits per heavy atom. The quantitative estimate of drug-likeness (QED) is 0.848. The van der Waals surface area contributed by atoms with Crippen LogP contribution in [0.1, 0.15) is 24.1 Å². The summed E-state index contributed by atoms with van der Waals surface area (Å²) in [6.07, 6.45) is 7.01. The molecule has 2 aromatic rings. The molecule has 0 spiro atoms. The van der Waals surface area contributed by atoms with E-state index in [-0.39, 0.29) is 11.9 Å². The summed E-state index contributed by atoms with van der Waals surface area (Å²) in [5.41, 5.74) is 2.07. The maximum Gasteiger partial charge on any atom is 0.240 e. The second-order valence-corrected chi connectivity index (χ2v) is 6.01. The highest BCUT2D eigenvalue weighted by atomic mass is 16.2. The lowest BCUT2D eigenvalue weighted by molar-refractivity contribution is -0.135. The van der Waals surface area contributed by atoms with E-state index in [4.69, 9.17) is 0 Å². The number of rotatable bonds is 5. The van der Waals surface area contributed by atoms with Crippen molar-refractivity contribution in [3.63, 3.8) is 0 Å². The number of aromatic nitrogens is 2. The van der Waals surface area contributed by atoms with E-state index in [0.29, 0.717) is 6.54 Å². The van der Waals surface area contributed by atoms with E-state index in [0.717, 1.165) is 31.6 Å². The van der Waals surface area contributed by atoms with E-state index < -0.39 is 0 Å². The zero-order chi connectivity index (χ0) is 16.1. The fourth-order valence-corrected chi connectivity index (χ4v) is 3.10. The van der Waals surface area contributed by atoms with Crippen LogP contribution in [0.3, 0.4) is 0 Å². The van der Waals surface area contributed by atoms with Gasteiger partial charge in [-0.3, -0.25) is 19.7 Å². The summed E-state index contributed by atoms with van der Waals surface area (Å²) in [5, 5.41) is 0. The van der Waals surface area contributed by atoms with Crippen LogP contribution in [0, 0.1) is 0 Å². The van der Waals surface area contributed by atoms with Crippen molar-refractivity contribution in [1.82, 2.24) is 19.8 Å². The maximum absolute atomic E-state index is 12.8. The topological polar surface area (TPSA) is 49.3 Å². The first-order chi connectivity index (χ1) is 11.2. The number of amides is 1. The molecular weight excluding hydrogens is 288 g/mol. The van der Waals surface area contributed by atoms with Crippen molar-refractivity contribution in [3.05, 3.63) is 60.2 Å². The fourth-order valence-electron chi connectivity index (χ4n) is 3.10. The van der Waals surface area contributed by atoms with Gasteiger partial charge in [-0.05, 0) is 24.9 Å². The minimum absolute atomic E-state index is 0.0307. The van der Waals surface area contributed by atoms with E-state index >= 15 is 0 Å². The lowest BCUT2D eigenvalue weighted by Crippen LogP contribution is -2.43. The van der Waals surface area contributed by atoms with Gasteiger partial charge in [0, 0.05) is 26.0 Å². The number of benzene rings is 1. The molecule has 1 aliphatic rings. The summed E-state index contributed by atoms with van der Waals surface area (Å²) in [5.74, 6) is 0.170. The van der Waals surface area contributed by atoms with Gasteiger partial charge in [0.05, 0.1) is 24.5 Å². The van der Waals surface area contributed by atoms with Crippen molar-refractivity contribution in [1.29, 1.82) is 0 Å². The van der Waals surface area contributed by atoms with Crippen LogP contribution in [0.15, 0.2) is 48.9 Å². The van der Waals surface area contributed by atoms with Crippen molar-refractivity contribution < 1.29 is 4.79 Å². The van der Waals surface area contributed by atoms with E-state index in [1.54, 1.807) is 23.5 Å². The van der Waals surface area contributed by atoms with Crippen LogP contribution in [0.2, 0.25) is 0 Å². The van der Waals surface area contributed by atoms with Gasteiger partial charge in [0.1, 0.15) is 0 Å². The molecule has 1 aromatic carbocycles. The van der Waals surface area contributed by atoms with E-state index in [9.17, 15) is 4.79 Å².